The largest absolute Gasteiger partial charge is 0.355 e. The molecule has 0 saturated heterocycles. The molecule has 0 saturated carbocycles. The number of hydrogen-bond donors (Lipinski definition) is 1. The number of rotatable bonds is 4. The standard InChI is InChI=1S/C14H16ClN3O2/c1-3-16-13(19)9(2)18-12(8-15)17-11-7-5-4-6-10(11)14(18)20/h4-7,9H,3,8H2,1-2H3,(H,16,19). The molecule has 0 fully saturated rings. The van der Waals surface area contributed by atoms with Gasteiger partial charge in [-0.3, -0.25) is 14.2 Å². The Morgan fingerprint density at radius 3 is 2.80 bits per heavy atom. The molecule has 0 bridgehead atoms. The summed E-state index contributed by atoms with van der Waals surface area (Å²) >= 11 is 5.88. The average Bonchev–Trinajstić information content (AvgIpc) is 2.46. The second kappa shape index (κ2) is 6.05. The molecule has 106 valence electrons. The zero-order chi connectivity index (χ0) is 14.7. The molecule has 2 aromatic rings. The molecule has 2 rings (SSSR count). The Labute approximate surface area is 121 Å². The van der Waals surface area contributed by atoms with Gasteiger partial charge in [0.2, 0.25) is 5.91 Å². The Bertz CT molecular complexity index is 696. The molecule has 1 atom stereocenters. The molecular weight excluding hydrogens is 278 g/mol. The molecule has 1 N–H and O–H groups in total. The fraction of sp³-hybridized carbons (Fsp3) is 0.357. The van der Waals surface area contributed by atoms with Crippen LogP contribution in [0.2, 0.25) is 0 Å². The van der Waals surface area contributed by atoms with Gasteiger partial charge in [-0.2, -0.15) is 0 Å². The van der Waals surface area contributed by atoms with Crippen molar-refractivity contribution in [3.63, 3.8) is 0 Å². The monoisotopic (exact) mass is 293 g/mol. The van der Waals surface area contributed by atoms with Crippen LogP contribution in [0.1, 0.15) is 25.7 Å². The summed E-state index contributed by atoms with van der Waals surface area (Å²) < 4.78 is 1.36. The first-order chi connectivity index (χ1) is 9.60. The van der Waals surface area contributed by atoms with E-state index in [2.05, 4.69) is 10.3 Å². The number of carbonyl (C=O) groups excluding carboxylic acids is 1. The number of likely N-dealkylation sites (N-methyl/N-ethyl adjacent to an activating group) is 1. The minimum Gasteiger partial charge on any atom is -0.355 e. The van der Waals surface area contributed by atoms with Crippen molar-refractivity contribution >= 4 is 28.4 Å². The molecule has 6 heteroatoms. The van der Waals surface area contributed by atoms with Gasteiger partial charge in [0.25, 0.3) is 5.56 Å². The van der Waals surface area contributed by atoms with Gasteiger partial charge < -0.3 is 5.32 Å². The van der Waals surface area contributed by atoms with E-state index < -0.39 is 6.04 Å². The van der Waals surface area contributed by atoms with E-state index in [0.717, 1.165) is 0 Å². The van der Waals surface area contributed by atoms with E-state index in [9.17, 15) is 9.59 Å². The number of para-hydroxylation sites is 1. The number of halogens is 1. The van der Waals surface area contributed by atoms with E-state index in [-0.39, 0.29) is 17.3 Å². The Morgan fingerprint density at radius 1 is 1.45 bits per heavy atom. The summed E-state index contributed by atoms with van der Waals surface area (Å²) in [6, 6.07) is 6.39. The molecule has 20 heavy (non-hydrogen) atoms. The number of benzene rings is 1. The van der Waals surface area contributed by atoms with Gasteiger partial charge >= 0.3 is 0 Å². The van der Waals surface area contributed by atoms with Crippen molar-refractivity contribution in [2.75, 3.05) is 6.54 Å². The van der Waals surface area contributed by atoms with Gasteiger partial charge in [0.15, 0.2) is 0 Å². The minimum atomic E-state index is -0.645. The fourth-order valence-electron chi connectivity index (χ4n) is 2.12. The van der Waals surface area contributed by atoms with Gasteiger partial charge in [-0.1, -0.05) is 12.1 Å². The summed E-state index contributed by atoms with van der Waals surface area (Å²) in [5, 5.41) is 3.18. The predicted octanol–water partition coefficient (Wildman–Crippen LogP) is 1.83. The molecule has 0 aliphatic carbocycles. The van der Waals surface area contributed by atoms with E-state index in [4.69, 9.17) is 11.6 Å². The zero-order valence-electron chi connectivity index (χ0n) is 11.4. The summed E-state index contributed by atoms with van der Waals surface area (Å²) in [5.41, 5.74) is 0.345. The number of aromatic nitrogens is 2. The van der Waals surface area contributed by atoms with Crippen LogP contribution in [0.3, 0.4) is 0 Å². The number of alkyl halides is 1. The third-order valence-electron chi connectivity index (χ3n) is 3.12. The molecule has 0 aliphatic rings. The second-order valence-electron chi connectivity index (χ2n) is 4.42. The first kappa shape index (κ1) is 14.5. The van der Waals surface area contributed by atoms with Crippen molar-refractivity contribution in [1.29, 1.82) is 0 Å². The summed E-state index contributed by atoms with van der Waals surface area (Å²) in [4.78, 5) is 28.9. The van der Waals surface area contributed by atoms with Gasteiger partial charge in [0.1, 0.15) is 11.9 Å². The minimum absolute atomic E-state index is 0.0732. The van der Waals surface area contributed by atoms with Gasteiger partial charge in [-0.15, -0.1) is 11.6 Å². The van der Waals surface area contributed by atoms with Crippen molar-refractivity contribution in [2.24, 2.45) is 0 Å². The van der Waals surface area contributed by atoms with Crippen molar-refractivity contribution in [2.45, 2.75) is 25.8 Å². The number of carbonyl (C=O) groups is 1. The maximum absolute atomic E-state index is 12.5. The maximum Gasteiger partial charge on any atom is 0.262 e. The zero-order valence-corrected chi connectivity index (χ0v) is 12.1. The van der Waals surface area contributed by atoms with E-state index >= 15 is 0 Å². The number of nitrogens with zero attached hydrogens (tertiary/aromatic N) is 2. The summed E-state index contributed by atoms with van der Waals surface area (Å²) in [6.07, 6.45) is 0. The highest BCUT2D eigenvalue weighted by Gasteiger charge is 2.20. The van der Waals surface area contributed by atoms with Crippen molar-refractivity contribution < 1.29 is 4.79 Å². The second-order valence-corrected chi connectivity index (χ2v) is 4.69. The van der Waals surface area contributed by atoms with Gasteiger partial charge in [-0.25, -0.2) is 4.98 Å². The smallest absolute Gasteiger partial charge is 0.262 e. The van der Waals surface area contributed by atoms with Crippen LogP contribution in [0.4, 0.5) is 0 Å². The lowest BCUT2D eigenvalue weighted by atomic mass is 10.2. The van der Waals surface area contributed by atoms with Crippen LogP contribution in [0, 0.1) is 0 Å². The number of hydrogen-bond acceptors (Lipinski definition) is 3. The topological polar surface area (TPSA) is 64.0 Å². The van der Waals surface area contributed by atoms with E-state index in [0.29, 0.717) is 23.3 Å². The highest BCUT2D eigenvalue weighted by atomic mass is 35.5. The highest BCUT2D eigenvalue weighted by Crippen LogP contribution is 2.13. The van der Waals surface area contributed by atoms with Crippen molar-refractivity contribution in [3.8, 4) is 0 Å². The quantitative estimate of drug-likeness (QED) is 0.875. The number of nitrogens with one attached hydrogen (secondary N) is 1. The molecule has 0 aliphatic heterocycles. The fourth-order valence-corrected chi connectivity index (χ4v) is 2.31. The lowest BCUT2D eigenvalue weighted by Gasteiger charge is -2.18. The average molecular weight is 294 g/mol. The van der Waals surface area contributed by atoms with E-state index in [1.54, 1.807) is 25.1 Å². The van der Waals surface area contributed by atoms with Crippen LogP contribution in [-0.2, 0) is 10.7 Å². The SMILES string of the molecule is CCNC(=O)C(C)n1c(CCl)nc2ccccc2c1=O. The Morgan fingerprint density at radius 2 is 2.15 bits per heavy atom. The van der Waals surface area contributed by atoms with Crippen LogP contribution in [-0.4, -0.2) is 22.0 Å². The van der Waals surface area contributed by atoms with Gasteiger partial charge in [-0.05, 0) is 26.0 Å². The third-order valence-corrected chi connectivity index (χ3v) is 3.36. The Kier molecular flexibility index (Phi) is 4.39. The molecular formula is C14H16ClN3O2. The molecule has 1 amide bonds. The molecule has 1 aromatic heterocycles. The molecule has 1 unspecified atom stereocenters. The van der Waals surface area contributed by atoms with Crippen LogP contribution in [0.5, 0.6) is 0 Å². The third kappa shape index (κ3) is 2.54. The number of fused-ring (bicyclic) bond motifs is 1. The number of amides is 1. The summed E-state index contributed by atoms with van der Waals surface area (Å²) in [5.74, 6) is 0.247. The lowest BCUT2D eigenvalue weighted by Crippen LogP contribution is -2.37. The first-order valence-electron chi connectivity index (χ1n) is 6.44. The van der Waals surface area contributed by atoms with E-state index in [1.165, 1.54) is 4.57 Å². The lowest BCUT2D eigenvalue weighted by molar-refractivity contribution is -0.123. The van der Waals surface area contributed by atoms with Crippen LogP contribution >= 0.6 is 11.6 Å². The molecule has 5 nitrogen and oxygen atoms in total. The predicted molar refractivity (Wildman–Crippen MR) is 79.0 cm³/mol. The maximum atomic E-state index is 12.5. The van der Waals surface area contributed by atoms with Crippen molar-refractivity contribution in [1.82, 2.24) is 14.9 Å². The summed E-state index contributed by atoms with van der Waals surface area (Å²) in [6.45, 7) is 4.00. The van der Waals surface area contributed by atoms with Gasteiger partial charge in [0.05, 0.1) is 16.8 Å². The first-order valence-corrected chi connectivity index (χ1v) is 6.97. The Hall–Kier alpha value is -1.88. The van der Waals surface area contributed by atoms with Crippen LogP contribution < -0.4 is 10.9 Å². The van der Waals surface area contributed by atoms with Crippen LogP contribution in [0.25, 0.3) is 10.9 Å². The molecule has 1 aromatic carbocycles. The summed E-state index contributed by atoms with van der Waals surface area (Å²) in [7, 11) is 0. The van der Waals surface area contributed by atoms with E-state index in [1.807, 2.05) is 13.0 Å². The normalized spacial score (nSPS) is 12.3. The highest BCUT2D eigenvalue weighted by molar-refractivity contribution is 6.16. The molecule has 0 radical (unpaired) electrons. The van der Waals surface area contributed by atoms with Crippen molar-refractivity contribution in [3.05, 3.63) is 40.4 Å². The molecule has 1 heterocycles. The van der Waals surface area contributed by atoms with Gasteiger partial charge in [0, 0.05) is 6.54 Å². The Balaban J connectivity index is 2.65. The molecule has 0 spiro atoms. The van der Waals surface area contributed by atoms with Crippen LogP contribution in [0.15, 0.2) is 29.1 Å².